The Morgan fingerprint density at radius 1 is 1.36 bits per heavy atom. The highest BCUT2D eigenvalue weighted by atomic mass is 79.9. The van der Waals surface area contributed by atoms with Gasteiger partial charge in [0.15, 0.2) is 0 Å². The predicted molar refractivity (Wildman–Crippen MR) is 51.5 cm³/mol. The van der Waals surface area contributed by atoms with Crippen LogP contribution in [0.2, 0.25) is 0 Å². The molecule has 2 rings (SSSR count). The quantitative estimate of drug-likeness (QED) is 0.736. The van der Waals surface area contributed by atoms with Crippen LogP contribution in [0.3, 0.4) is 0 Å². The summed E-state index contributed by atoms with van der Waals surface area (Å²) in [6, 6.07) is 1.96. The van der Waals surface area contributed by atoms with Crippen LogP contribution in [0.15, 0.2) is 27.5 Å². The molecule has 0 aliphatic carbocycles. The van der Waals surface area contributed by atoms with E-state index in [1.165, 1.54) is 0 Å². The van der Waals surface area contributed by atoms with Crippen LogP contribution in [-0.2, 0) is 0 Å². The Hall–Kier alpha value is -0.350. The molecule has 2 nitrogen and oxygen atoms in total. The number of H-pyrrole nitrogens is 1. The van der Waals surface area contributed by atoms with E-state index in [2.05, 4.69) is 41.8 Å². The highest BCUT2D eigenvalue weighted by molar-refractivity contribution is 9.11. The molecule has 0 spiro atoms. The van der Waals surface area contributed by atoms with Crippen LogP contribution in [0.5, 0.6) is 0 Å². The van der Waals surface area contributed by atoms with Gasteiger partial charge in [0.2, 0.25) is 0 Å². The fourth-order valence-electron chi connectivity index (χ4n) is 0.986. The van der Waals surface area contributed by atoms with E-state index in [0.29, 0.717) is 0 Å². The zero-order valence-electron chi connectivity index (χ0n) is 5.44. The lowest BCUT2D eigenvalue weighted by molar-refractivity contribution is 1.29. The molecule has 0 aliphatic rings. The normalized spacial score (nSPS) is 10.7. The lowest BCUT2D eigenvalue weighted by Gasteiger charge is -1.91. The van der Waals surface area contributed by atoms with Gasteiger partial charge in [-0.05, 0) is 37.9 Å². The number of aromatic amines is 1. The Balaban J connectivity index is 2.94. The minimum atomic E-state index is 0.848. The molecule has 0 bridgehead atoms. The minimum Gasteiger partial charge on any atom is -0.358 e. The zero-order chi connectivity index (χ0) is 7.84. The van der Waals surface area contributed by atoms with Crippen molar-refractivity contribution in [1.82, 2.24) is 9.97 Å². The first-order chi connectivity index (χ1) is 5.29. The summed E-state index contributed by atoms with van der Waals surface area (Å²) in [6.45, 7) is 0. The first kappa shape index (κ1) is 7.31. The molecule has 0 saturated heterocycles. The monoisotopic (exact) mass is 274 g/mol. The van der Waals surface area contributed by atoms with Crippen molar-refractivity contribution in [3.63, 3.8) is 0 Å². The number of hydrogen-bond acceptors (Lipinski definition) is 1. The maximum absolute atomic E-state index is 4.09. The van der Waals surface area contributed by atoms with E-state index in [0.717, 1.165) is 20.0 Å². The Kier molecular flexibility index (Phi) is 1.73. The van der Waals surface area contributed by atoms with Crippen molar-refractivity contribution in [3.05, 3.63) is 27.5 Å². The van der Waals surface area contributed by atoms with Gasteiger partial charge in [-0.15, -0.1) is 0 Å². The van der Waals surface area contributed by atoms with Crippen molar-refractivity contribution < 1.29 is 0 Å². The second-order valence-corrected chi connectivity index (χ2v) is 3.77. The number of pyridine rings is 1. The fourth-order valence-corrected chi connectivity index (χ4v) is 1.88. The standard InChI is InChI=1S/C7H4Br2N2/c8-5-3-11-6-4(5)1-2-10-7(6)9/h1-3,11H. The molecule has 0 unspecified atom stereocenters. The van der Waals surface area contributed by atoms with Crippen LogP contribution in [0, 0.1) is 0 Å². The molecule has 11 heavy (non-hydrogen) atoms. The molecular weight excluding hydrogens is 272 g/mol. The predicted octanol–water partition coefficient (Wildman–Crippen LogP) is 3.09. The van der Waals surface area contributed by atoms with E-state index in [9.17, 15) is 0 Å². The molecular formula is C7H4Br2N2. The largest absolute Gasteiger partial charge is 0.358 e. The van der Waals surface area contributed by atoms with E-state index in [-0.39, 0.29) is 0 Å². The average Bonchev–Trinajstić information content (AvgIpc) is 2.35. The summed E-state index contributed by atoms with van der Waals surface area (Å²) >= 11 is 6.77. The number of halogens is 2. The van der Waals surface area contributed by atoms with Crippen molar-refractivity contribution in [3.8, 4) is 0 Å². The van der Waals surface area contributed by atoms with Crippen molar-refractivity contribution in [2.75, 3.05) is 0 Å². The minimum absolute atomic E-state index is 0.848. The maximum Gasteiger partial charge on any atom is 0.130 e. The zero-order valence-corrected chi connectivity index (χ0v) is 8.61. The smallest absolute Gasteiger partial charge is 0.130 e. The maximum atomic E-state index is 4.09. The summed E-state index contributed by atoms with van der Waals surface area (Å²) in [4.78, 5) is 7.19. The van der Waals surface area contributed by atoms with Crippen molar-refractivity contribution in [1.29, 1.82) is 0 Å². The van der Waals surface area contributed by atoms with Gasteiger partial charge in [-0.3, -0.25) is 0 Å². The van der Waals surface area contributed by atoms with Crippen LogP contribution in [-0.4, -0.2) is 9.97 Å². The lowest BCUT2D eigenvalue weighted by Crippen LogP contribution is -1.75. The van der Waals surface area contributed by atoms with Gasteiger partial charge in [0, 0.05) is 22.3 Å². The molecule has 0 saturated carbocycles. The van der Waals surface area contributed by atoms with E-state index in [4.69, 9.17) is 0 Å². The van der Waals surface area contributed by atoms with Gasteiger partial charge in [0.25, 0.3) is 0 Å². The van der Waals surface area contributed by atoms with E-state index in [1.807, 2.05) is 12.3 Å². The van der Waals surface area contributed by atoms with Crippen LogP contribution < -0.4 is 0 Å². The Morgan fingerprint density at radius 2 is 2.18 bits per heavy atom. The summed E-state index contributed by atoms with van der Waals surface area (Å²) < 4.78 is 1.91. The number of aromatic nitrogens is 2. The summed E-state index contributed by atoms with van der Waals surface area (Å²) in [5, 5.41) is 1.15. The van der Waals surface area contributed by atoms with E-state index < -0.39 is 0 Å². The molecule has 0 atom stereocenters. The van der Waals surface area contributed by atoms with Crippen LogP contribution >= 0.6 is 31.9 Å². The van der Waals surface area contributed by atoms with Gasteiger partial charge in [0.05, 0.1) is 5.52 Å². The number of nitrogens with zero attached hydrogens (tertiary/aromatic N) is 1. The Morgan fingerprint density at radius 3 is 2.91 bits per heavy atom. The summed E-state index contributed by atoms with van der Waals surface area (Å²) in [7, 11) is 0. The summed E-state index contributed by atoms with van der Waals surface area (Å²) in [5.41, 5.74) is 1.03. The van der Waals surface area contributed by atoms with Gasteiger partial charge < -0.3 is 4.98 Å². The molecule has 0 radical (unpaired) electrons. The summed E-state index contributed by atoms with van der Waals surface area (Å²) in [6.07, 6.45) is 3.67. The first-order valence-electron chi connectivity index (χ1n) is 3.06. The average molecular weight is 276 g/mol. The molecule has 2 aromatic heterocycles. The third kappa shape index (κ3) is 1.10. The van der Waals surface area contributed by atoms with Crippen LogP contribution in [0.4, 0.5) is 0 Å². The van der Waals surface area contributed by atoms with Gasteiger partial charge >= 0.3 is 0 Å². The van der Waals surface area contributed by atoms with E-state index in [1.54, 1.807) is 6.20 Å². The molecule has 2 heterocycles. The highest BCUT2D eigenvalue weighted by Crippen LogP contribution is 2.26. The summed E-state index contributed by atoms with van der Waals surface area (Å²) in [5.74, 6) is 0. The molecule has 56 valence electrons. The number of rotatable bonds is 0. The van der Waals surface area contributed by atoms with Crippen LogP contribution in [0.1, 0.15) is 0 Å². The van der Waals surface area contributed by atoms with Gasteiger partial charge in [-0.1, -0.05) is 0 Å². The topological polar surface area (TPSA) is 28.7 Å². The Bertz CT molecular complexity index is 394. The molecule has 1 N–H and O–H groups in total. The third-order valence-corrected chi connectivity index (χ3v) is 2.76. The molecule has 4 heteroatoms. The fraction of sp³-hybridized carbons (Fsp3) is 0. The molecule has 0 amide bonds. The third-order valence-electron chi connectivity index (χ3n) is 1.51. The molecule has 0 aliphatic heterocycles. The molecule has 0 fully saturated rings. The first-order valence-corrected chi connectivity index (χ1v) is 4.65. The second-order valence-electron chi connectivity index (χ2n) is 2.16. The van der Waals surface area contributed by atoms with Crippen molar-refractivity contribution in [2.24, 2.45) is 0 Å². The van der Waals surface area contributed by atoms with Crippen molar-refractivity contribution >= 4 is 42.8 Å². The number of hydrogen-bond donors (Lipinski definition) is 1. The van der Waals surface area contributed by atoms with Gasteiger partial charge in [0.1, 0.15) is 4.60 Å². The number of nitrogens with one attached hydrogen (secondary N) is 1. The lowest BCUT2D eigenvalue weighted by atomic mass is 10.3. The molecule has 2 aromatic rings. The SMILES string of the molecule is Brc1c[nH]c2c(Br)nccc12. The van der Waals surface area contributed by atoms with Crippen LogP contribution in [0.25, 0.3) is 10.9 Å². The van der Waals surface area contributed by atoms with Gasteiger partial charge in [-0.2, -0.15) is 0 Å². The number of fused-ring (bicyclic) bond motifs is 1. The second kappa shape index (κ2) is 2.60. The highest BCUT2D eigenvalue weighted by Gasteiger charge is 2.02. The Labute approximate surface area is 80.3 Å². The van der Waals surface area contributed by atoms with E-state index >= 15 is 0 Å². The van der Waals surface area contributed by atoms with Gasteiger partial charge in [-0.25, -0.2) is 4.98 Å². The molecule has 0 aromatic carbocycles. The van der Waals surface area contributed by atoms with Crippen molar-refractivity contribution in [2.45, 2.75) is 0 Å².